The van der Waals surface area contributed by atoms with E-state index < -0.39 is 6.16 Å². The minimum absolute atomic E-state index is 0.230. The van der Waals surface area contributed by atoms with Gasteiger partial charge in [0.15, 0.2) is 0 Å². The second-order valence-corrected chi connectivity index (χ2v) is 2.42. The first-order chi connectivity index (χ1) is 5.77. The Labute approximate surface area is 72.5 Å². The Kier molecular flexibility index (Phi) is 7.79. The molecule has 4 heteroatoms. The molecule has 4 nitrogen and oxygen atoms in total. The highest BCUT2D eigenvalue weighted by atomic mass is 16.7. The zero-order valence-corrected chi connectivity index (χ0v) is 7.08. The van der Waals surface area contributed by atoms with E-state index in [4.69, 9.17) is 0 Å². The summed E-state index contributed by atoms with van der Waals surface area (Å²) >= 11 is 0. The maximum absolute atomic E-state index is 9.77. The average molecular weight is 174 g/mol. The molecule has 70 valence electrons. The number of unbranched alkanes of at least 4 members (excludes halogenated alkanes) is 3. The molecule has 0 N–H and O–H groups in total. The summed E-state index contributed by atoms with van der Waals surface area (Å²) in [5, 5.41) is 9.77. The minimum atomic E-state index is -1.45. The third-order valence-electron chi connectivity index (χ3n) is 1.40. The van der Waals surface area contributed by atoms with Crippen LogP contribution in [-0.2, 0) is 14.6 Å². The number of hydrogen-bond acceptors (Lipinski definition) is 3. The third kappa shape index (κ3) is 9.23. The van der Waals surface area contributed by atoms with Crippen LogP contribution in [0.4, 0.5) is 4.79 Å². The number of carbonyl (C=O) groups is 1. The fourth-order valence-corrected chi connectivity index (χ4v) is 0.815. The van der Waals surface area contributed by atoms with Crippen molar-refractivity contribution in [3.63, 3.8) is 0 Å². The molecule has 0 saturated heterocycles. The monoisotopic (exact) mass is 174 g/mol. The lowest BCUT2D eigenvalue weighted by Crippen LogP contribution is -2.00. The van der Waals surface area contributed by atoms with Crippen LogP contribution >= 0.6 is 0 Å². The first-order valence-corrected chi connectivity index (χ1v) is 3.98. The second kappa shape index (κ2) is 8.33. The van der Waals surface area contributed by atoms with Crippen LogP contribution in [0.1, 0.15) is 25.7 Å². The number of carbonyl (C=O) groups excluding carboxylic acids is 1. The van der Waals surface area contributed by atoms with E-state index in [0.717, 1.165) is 25.7 Å². The molecule has 0 rings (SSSR count). The topological polar surface area (TPSA) is 55.4 Å². The van der Waals surface area contributed by atoms with Crippen molar-refractivity contribution in [3.05, 3.63) is 7.11 Å². The lowest BCUT2D eigenvalue weighted by Gasteiger charge is -1.99. The normalized spacial score (nSPS) is 9.75. The molecule has 0 aromatic heterocycles. The maximum atomic E-state index is 9.77. The molecule has 0 unspecified atom stereocenters. The Hall–Kier alpha value is -0.770. The zero-order valence-electron chi connectivity index (χ0n) is 7.08. The summed E-state index contributed by atoms with van der Waals surface area (Å²) in [5.41, 5.74) is 0. The van der Waals surface area contributed by atoms with Crippen LogP contribution in [-0.4, -0.2) is 19.4 Å². The lowest BCUT2D eigenvalue weighted by atomic mass is 10.2. The van der Waals surface area contributed by atoms with Crippen molar-refractivity contribution < 1.29 is 19.4 Å². The van der Waals surface area contributed by atoms with Gasteiger partial charge < -0.3 is 9.47 Å². The van der Waals surface area contributed by atoms with Crippen molar-refractivity contribution in [2.75, 3.05) is 13.2 Å². The molecule has 0 bridgehead atoms. The molecule has 0 fully saturated rings. The Bertz CT molecular complexity index is 114. The largest absolute Gasteiger partial charge is 0.549 e. The molecule has 0 spiro atoms. The molecule has 2 radical (unpaired) electrons. The van der Waals surface area contributed by atoms with Crippen LogP contribution < -0.4 is 0 Å². The van der Waals surface area contributed by atoms with Gasteiger partial charge in [-0.05, 0) is 19.3 Å². The molecule has 0 heterocycles. The first-order valence-electron chi connectivity index (χ1n) is 3.98. The van der Waals surface area contributed by atoms with Crippen molar-refractivity contribution in [1.29, 1.82) is 0 Å². The average Bonchev–Trinajstić information content (AvgIpc) is 2.02. The van der Waals surface area contributed by atoms with Gasteiger partial charge in [0, 0.05) is 6.61 Å². The van der Waals surface area contributed by atoms with Gasteiger partial charge >= 0.3 is 6.16 Å². The molecule has 0 aromatic rings. The van der Waals surface area contributed by atoms with Gasteiger partial charge in [0.25, 0.3) is 0 Å². The number of ether oxygens (including phenoxy) is 2. The summed E-state index contributed by atoms with van der Waals surface area (Å²) in [5.74, 6) is 0. The first kappa shape index (κ1) is 11.2. The molecular weight excluding hydrogens is 160 g/mol. The second-order valence-electron chi connectivity index (χ2n) is 2.42. The SMILES string of the molecule is [CH2]OCCCCCCOC([O])=O. The summed E-state index contributed by atoms with van der Waals surface area (Å²) in [6, 6.07) is 0. The Morgan fingerprint density at radius 3 is 2.17 bits per heavy atom. The van der Waals surface area contributed by atoms with Gasteiger partial charge in [-0.2, -0.15) is 9.90 Å². The highest BCUT2D eigenvalue weighted by Crippen LogP contribution is 2.00. The standard InChI is InChI=1S/C8H14O4/c1-11-6-4-2-3-5-7-12-8(9)10/h1-7H2. The van der Waals surface area contributed by atoms with Crippen LogP contribution in [0.2, 0.25) is 0 Å². The van der Waals surface area contributed by atoms with Crippen molar-refractivity contribution in [3.8, 4) is 0 Å². The quantitative estimate of drug-likeness (QED) is 0.437. The summed E-state index contributed by atoms with van der Waals surface area (Å²) < 4.78 is 8.81. The lowest BCUT2D eigenvalue weighted by molar-refractivity contribution is 0.0663. The Morgan fingerprint density at radius 1 is 1.08 bits per heavy atom. The highest BCUT2D eigenvalue weighted by molar-refractivity contribution is 5.56. The van der Waals surface area contributed by atoms with Gasteiger partial charge in [0.1, 0.15) is 0 Å². The summed E-state index contributed by atoms with van der Waals surface area (Å²) in [4.78, 5) is 9.77. The number of rotatable bonds is 7. The Morgan fingerprint density at radius 2 is 1.67 bits per heavy atom. The van der Waals surface area contributed by atoms with E-state index in [2.05, 4.69) is 16.6 Å². The van der Waals surface area contributed by atoms with Gasteiger partial charge in [-0.25, -0.2) is 0 Å². The van der Waals surface area contributed by atoms with Crippen LogP contribution in [0.25, 0.3) is 0 Å². The molecule has 12 heavy (non-hydrogen) atoms. The predicted octanol–water partition coefficient (Wildman–Crippen LogP) is 1.92. The van der Waals surface area contributed by atoms with E-state index in [1.165, 1.54) is 0 Å². The Balaban J connectivity index is 2.86. The van der Waals surface area contributed by atoms with Crippen molar-refractivity contribution in [1.82, 2.24) is 0 Å². The molecule has 0 aliphatic rings. The maximum Gasteiger partial charge on any atom is 0.549 e. The van der Waals surface area contributed by atoms with E-state index >= 15 is 0 Å². The summed E-state index contributed by atoms with van der Waals surface area (Å²) in [6.45, 7) is 0.884. The fraction of sp³-hybridized carbons (Fsp3) is 0.750. The van der Waals surface area contributed by atoms with Crippen LogP contribution in [0.3, 0.4) is 0 Å². The van der Waals surface area contributed by atoms with Gasteiger partial charge in [-0.3, -0.25) is 0 Å². The van der Waals surface area contributed by atoms with Gasteiger partial charge in [0.05, 0.1) is 13.7 Å². The van der Waals surface area contributed by atoms with E-state index in [1.807, 2.05) is 0 Å². The highest BCUT2D eigenvalue weighted by Gasteiger charge is 1.97. The minimum Gasteiger partial charge on any atom is -0.432 e. The summed E-state index contributed by atoms with van der Waals surface area (Å²) in [6.07, 6.45) is 2.19. The van der Waals surface area contributed by atoms with E-state index in [0.29, 0.717) is 6.61 Å². The zero-order chi connectivity index (χ0) is 9.23. The fourth-order valence-electron chi connectivity index (χ4n) is 0.815. The predicted molar refractivity (Wildman–Crippen MR) is 41.8 cm³/mol. The summed E-state index contributed by atoms with van der Waals surface area (Å²) in [7, 11) is 3.23. The van der Waals surface area contributed by atoms with Gasteiger partial charge in [-0.1, -0.05) is 6.42 Å². The van der Waals surface area contributed by atoms with Crippen LogP contribution in [0.15, 0.2) is 0 Å². The van der Waals surface area contributed by atoms with Gasteiger partial charge in [-0.15, -0.1) is 0 Å². The van der Waals surface area contributed by atoms with Crippen LogP contribution in [0, 0.1) is 7.11 Å². The van der Waals surface area contributed by atoms with E-state index in [1.54, 1.807) is 0 Å². The number of hydrogen-bond donors (Lipinski definition) is 0. The molecule has 0 aliphatic carbocycles. The van der Waals surface area contributed by atoms with E-state index in [-0.39, 0.29) is 6.61 Å². The molecule has 0 aliphatic heterocycles. The third-order valence-corrected chi connectivity index (χ3v) is 1.40. The molecule has 0 amide bonds. The molecular formula is C8H14O4. The molecule has 0 aromatic carbocycles. The van der Waals surface area contributed by atoms with Crippen molar-refractivity contribution in [2.24, 2.45) is 0 Å². The molecule has 0 saturated carbocycles. The van der Waals surface area contributed by atoms with Crippen LogP contribution in [0.5, 0.6) is 0 Å². The molecule has 0 atom stereocenters. The van der Waals surface area contributed by atoms with Crippen molar-refractivity contribution >= 4 is 6.16 Å². The smallest absolute Gasteiger partial charge is 0.432 e. The van der Waals surface area contributed by atoms with Gasteiger partial charge in [0.2, 0.25) is 0 Å². The van der Waals surface area contributed by atoms with E-state index in [9.17, 15) is 9.90 Å². The van der Waals surface area contributed by atoms with Crippen molar-refractivity contribution in [2.45, 2.75) is 25.7 Å².